The van der Waals surface area contributed by atoms with Crippen molar-refractivity contribution in [1.82, 2.24) is 0 Å². The monoisotopic (exact) mass is 352 g/mol. The maximum Gasteiger partial charge on any atom is -0.0246 e. The van der Waals surface area contributed by atoms with Crippen LogP contribution in [0.15, 0.2) is 0 Å². The van der Waals surface area contributed by atoms with E-state index in [1.807, 2.05) is 0 Å². The van der Waals surface area contributed by atoms with E-state index in [1.54, 1.807) is 0 Å². The summed E-state index contributed by atoms with van der Waals surface area (Å²) in [6.07, 6.45) is 1.33. The van der Waals surface area contributed by atoms with Crippen molar-refractivity contribution in [3.8, 4) is 0 Å². The molecule has 0 atom stereocenters. The van der Waals surface area contributed by atoms with Gasteiger partial charge in [-0.15, -0.1) is 0 Å². The van der Waals surface area contributed by atoms with Crippen LogP contribution in [0, 0.1) is 44.3 Å². The fourth-order valence-corrected chi connectivity index (χ4v) is 4.73. The normalized spacial score (nSPS) is 24.2. The Labute approximate surface area is 161 Å². The highest BCUT2D eigenvalue weighted by Crippen LogP contribution is 2.69. The molecule has 1 fully saturated rings. The highest BCUT2D eigenvalue weighted by molar-refractivity contribution is 5.10. The van der Waals surface area contributed by atoms with Crippen molar-refractivity contribution in [2.24, 2.45) is 44.3 Å². The Hall–Kier alpha value is 0. The predicted octanol–water partition coefficient (Wildman–Crippen LogP) is 8.85. The Balaban J connectivity index is 0.000000463. The summed E-state index contributed by atoms with van der Waals surface area (Å²) in [5.74, 6) is 1.49. The Morgan fingerprint density at radius 1 is 0.520 bits per heavy atom. The van der Waals surface area contributed by atoms with Crippen LogP contribution in [-0.4, -0.2) is 0 Å². The number of hydrogen-bond acceptors (Lipinski definition) is 0. The first-order chi connectivity index (χ1) is 10.6. The van der Waals surface area contributed by atoms with Crippen LogP contribution in [0.2, 0.25) is 0 Å². The third-order valence-corrected chi connectivity index (χ3v) is 10.4. The molecular weight excluding hydrogens is 300 g/mol. The van der Waals surface area contributed by atoms with Crippen LogP contribution < -0.4 is 0 Å². The lowest BCUT2D eigenvalue weighted by Gasteiger charge is -2.48. The van der Waals surface area contributed by atoms with Gasteiger partial charge in [-0.05, 0) is 50.7 Å². The zero-order valence-electron chi connectivity index (χ0n) is 20.9. The summed E-state index contributed by atoms with van der Waals surface area (Å²) >= 11 is 0. The summed E-state index contributed by atoms with van der Waals surface area (Å²) in [5.41, 5.74) is 2.59. The standard InChI is InChI=1S/C13H26.C12H26/c1-10(2)9-11(3,4)13(7,8)12(10,5)6;1-9(2)11(5,6)12(7,8)10(3)4/h9H2,1-8H3;9-10H,1-8H3. The minimum Gasteiger partial charge on any atom is -0.0622 e. The molecule has 0 aromatic carbocycles. The first-order valence-corrected chi connectivity index (χ1v) is 10.6. The van der Waals surface area contributed by atoms with Gasteiger partial charge in [-0.1, -0.05) is 111 Å². The van der Waals surface area contributed by atoms with Crippen LogP contribution in [0.3, 0.4) is 0 Å². The van der Waals surface area contributed by atoms with Crippen LogP contribution in [0.1, 0.15) is 117 Å². The van der Waals surface area contributed by atoms with Gasteiger partial charge in [-0.2, -0.15) is 0 Å². The molecule has 0 N–H and O–H groups in total. The van der Waals surface area contributed by atoms with Crippen LogP contribution >= 0.6 is 0 Å². The van der Waals surface area contributed by atoms with Crippen molar-refractivity contribution in [3.63, 3.8) is 0 Å². The van der Waals surface area contributed by atoms with Crippen molar-refractivity contribution >= 4 is 0 Å². The minimum atomic E-state index is 0.418. The lowest BCUT2D eigenvalue weighted by Crippen LogP contribution is -2.40. The topological polar surface area (TPSA) is 0 Å². The van der Waals surface area contributed by atoms with Crippen molar-refractivity contribution in [1.29, 1.82) is 0 Å². The average Bonchev–Trinajstić information content (AvgIpc) is 2.44. The van der Waals surface area contributed by atoms with Gasteiger partial charge in [-0.3, -0.25) is 0 Å². The third-order valence-electron chi connectivity index (χ3n) is 10.4. The second kappa shape index (κ2) is 6.87. The fraction of sp³-hybridized carbons (Fsp3) is 1.00. The maximum absolute atomic E-state index is 2.43. The summed E-state index contributed by atoms with van der Waals surface area (Å²) in [7, 11) is 0. The Morgan fingerprint density at radius 2 is 0.720 bits per heavy atom. The van der Waals surface area contributed by atoms with Gasteiger partial charge in [-0.25, -0.2) is 0 Å². The van der Waals surface area contributed by atoms with E-state index in [4.69, 9.17) is 0 Å². The van der Waals surface area contributed by atoms with Gasteiger partial charge >= 0.3 is 0 Å². The highest BCUT2D eigenvalue weighted by Gasteiger charge is 2.62. The van der Waals surface area contributed by atoms with Crippen LogP contribution in [0.25, 0.3) is 0 Å². The molecule has 152 valence electrons. The summed E-state index contributed by atoms with van der Waals surface area (Å²) < 4.78 is 0. The summed E-state index contributed by atoms with van der Waals surface area (Å²) in [5, 5.41) is 0. The molecule has 0 radical (unpaired) electrons. The van der Waals surface area contributed by atoms with Crippen LogP contribution in [0.5, 0.6) is 0 Å². The van der Waals surface area contributed by atoms with E-state index in [1.165, 1.54) is 6.42 Å². The molecule has 0 bridgehead atoms. The molecule has 0 heteroatoms. The fourth-order valence-electron chi connectivity index (χ4n) is 4.73. The lowest BCUT2D eigenvalue weighted by atomic mass is 9.57. The SMILES string of the molecule is CC(C)C(C)(C)C(C)(C)C(C)C.CC1(C)CC(C)(C)C(C)(C)C1(C)C. The molecule has 0 saturated heterocycles. The minimum absolute atomic E-state index is 0.418. The molecule has 0 amide bonds. The van der Waals surface area contributed by atoms with Gasteiger partial charge in [0.1, 0.15) is 0 Å². The third kappa shape index (κ3) is 3.98. The van der Waals surface area contributed by atoms with Crippen molar-refractivity contribution in [2.45, 2.75) is 117 Å². The summed E-state index contributed by atoms with van der Waals surface area (Å²) in [6.45, 7) is 38.3. The first-order valence-electron chi connectivity index (χ1n) is 10.6. The second-order valence-electron chi connectivity index (χ2n) is 12.9. The quantitative estimate of drug-likeness (QED) is 0.475. The molecule has 0 aromatic heterocycles. The van der Waals surface area contributed by atoms with Crippen LogP contribution in [-0.2, 0) is 0 Å². The molecule has 0 aliphatic heterocycles. The van der Waals surface area contributed by atoms with E-state index in [9.17, 15) is 0 Å². The average molecular weight is 353 g/mol. The van der Waals surface area contributed by atoms with Gasteiger partial charge in [0.25, 0.3) is 0 Å². The van der Waals surface area contributed by atoms with Gasteiger partial charge < -0.3 is 0 Å². The van der Waals surface area contributed by atoms with Crippen molar-refractivity contribution in [3.05, 3.63) is 0 Å². The number of rotatable bonds is 3. The molecule has 25 heavy (non-hydrogen) atoms. The molecule has 0 aromatic rings. The van der Waals surface area contributed by atoms with Crippen molar-refractivity contribution in [2.75, 3.05) is 0 Å². The number of hydrogen-bond donors (Lipinski definition) is 0. The molecule has 0 nitrogen and oxygen atoms in total. The largest absolute Gasteiger partial charge is 0.0622 e. The molecule has 1 saturated carbocycles. The lowest BCUT2D eigenvalue weighted by molar-refractivity contribution is 0.0135. The maximum atomic E-state index is 2.43. The highest BCUT2D eigenvalue weighted by atomic mass is 14.7. The smallest absolute Gasteiger partial charge is 0.0246 e. The van der Waals surface area contributed by atoms with E-state index < -0.39 is 0 Å². The van der Waals surface area contributed by atoms with Gasteiger partial charge in [0.2, 0.25) is 0 Å². The van der Waals surface area contributed by atoms with Gasteiger partial charge in [0, 0.05) is 0 Å². The van der Waals surface area contributed by atoms with E-state index in [0.29, 0.717) is 32.5 Å². The first kappa shape index (κ1) is 25.0. The Bertz CT molecular complexity index is 397. The zero-order chi connectivity index (χ0) is 20.9. The molecular formula is C25H52. The van der Waals surface area contributed by atoms with Gasteiger partial charge in [0.05, 0.1) is 0 Å². The Morgan fingerprint density at radius 3 is 0.800 bits per heavy atom. The van der Waals surface area contributed by atoms with E-state index in [2.05, 4.69) is 111 Å². The molecule has 0 heterocycles. The molecule has 0 unspecified atom stereocenters. The molecule has 1 rings (SSSR count). The van der Waals surface area contributed by atoms with E-state index in [0.717, 1.165) is 11.8 Å². The van der Waals surface area contributed by atoms with Crippen LogP contribution in [0.4, 0.5) is 0 Å². The van der Waals surface area contributed by atoms with Crippen molar-refractivity contribution < 1.29 is 0 Å². The van der Waals surface area contributed by atoms with Gasteiger partial charge in [0.15, 0.2) is 0 Å². The second-order valence-corrected chi connectivity index (χ2v) is 12.9. The summed E-state index contributed by atoms with van der Waals surface area (Å²) in [6, 6.07) is 0. The predicted molar refractivity (Wildman–Crippen MR) is 117 cm³/mol. The summed E-state index contributed by atoms with van der Waals surface area (Å²) in [4.78, 5) is 0. The van der Waals surface area contributed by atoms with E-state index >= 15 is 0 Å². The Kier molecular flexibility index (Phi) is 6.87. The molecule has 1 aliphatic rings. The van der Waals surface area contributed by atoms with E-state index in [-0.39, 0.29) is 0 Å². The zero-order valence-corrected chi connectivity index (χ0v) is 20.9. The molecule has 0 spiro atoms. The molecule has 1 aliphatic carbocycles.